The van der Waals surface area contributed by atoms with Crippen LogP contribution in [0.25, 0.3) is 27.7 Å². The van der Waals surface area contributed by atoms with Gasteiger partial charge in [0.2, 0.25) is 0 Å². The number of nitrogens with zero attached hydrogens (tertiary/aromatic N) is 4. The normalized spacial score (nSPS) is 11.8. The Kier molecular flexibility index (Phi) is 5.95. The monoisotopic (exact) mass is 515 g/mol. The summed E-state index contributed by atoms with van der Waals surface area (Å²) in [5, 5.41) is 23.1. The fraction of sp³-hybridized carbons (Fsp3) is 0. The largest absolute Gasteiger partial charge is 0.299 e. The van der Waals surface area contributed by atoms with E-state index in [-0.39, 0.29) is 27.3 Å². The fourth-order valence-electron chi connectivity index (χ4n) is 3.90. The Balaban J connectivity index is 1.66. The lowest BCUT2D eigenvalue weighted by Crippen LogP contribution is -2.13. The zero-order chi connectivity index (χ0) is 26.2. The maximum absolute atomic E-state index is 13.4. The van der Waals surface area contributed by atoms with Gasteiger partial charge in [-0.1, -0.05) is 54.6 Å². The maximum atomic E-state index is 13.4. The van der Waals surface area contributed by atoms with Crippen molar-refractivity contribution in [1.29, 1.82) is 0 Å². The minimum Gasteiger partial charge on any atom is -0.288 e. The van der Waals surface area contributed by atoms with Crippen molar-refractivity contribution in [1.82, 2.24) is 9.78 Å². The molecule has 0 radical (unpaired) electrons. The predicted octanol–water partition coefficient (Wildman–Crippen LogP) is 5.56. The molecule has 0 fully saturated rings. The zero-order valence-corrected chi connectivity index (χ0v) is 19.7. The van der Waals surface area contributed by atoms with E-state index in [4.69, 9.17) is 0 Å². The van der Waals surface area contributed by atoms with Gasteiger partial charge in [-0.05, 0) is 24.3 Å². The SMILES string of the molecule is O=c1c(N=Nc2ccc(S(=O)(=O)O)c3ccccc23)c(-c2ccccc2)[nH]n1-c1ccc([N+](=O)[O-])cc1. The lowest BCUT2D eigenvalue weighted by atomic mass is 10.1. The van der Waals surface area contributed by atoms with Gasteiger partial charge in [-0.25, -0.2) is 4.68 Å². The summed E-state index contributed by atoms with van der Waals surface area (Å²) in [5.41, 5.74) is 0.976. The molecule has 5 rings (SSSR count). The number of azo groups is 1. The van der Waals surface area contributed by atoms with Gasteiger partial charge in [0, 0.05) is 28.5 Å². The molecule has 0 atom stereocenters. The highest BCUT2D eigenvalue weighted by Crippen LogP contribution is 2.33. The first-order valence-corrected chi connectivity index (χ1v) is 12.2. The smallest absolute Gasteiger partial charge is 0.288 e. The second kappa shape index (κ2) is 9.26. The summed E-state index contributed by atoms with van der Waals surface area (Å²) in [7, 11) is -4.47. The molecular formula is C25H17N5O6S. The Labute approximate surface area is 209 Å². The van der Waals surface area contributed by atoms with Crippen molar-refractivity contribution >= 4 is 38.0 Å². The molecule has 184 valence electrons. The summed E-state index contributed by atoms with van der Waals surface area (Å²) in [4.78, 5) is 23.6. The Hall–Kier alpha value is -4.94. The van der Waals surface area contributed by atoms with Crippen LogP contribution in [0, 0.1) is 10.1 Å². The van der Waals surface area contributed by atoms with Gasteiger partial charge in [0.1, 0.15) is 4.90 Å². The number of benzene rings is 4. The third-order valence-electron chi connectivity index (χ3n) is 5.64. The molecule has 0 amide bonds. The second-order valence-electron chi connectivity index (χ2n) is 7.92. The summed E-state index contributed by atoms with van der Waals surface area (Å²) in [5.74, 6) is 0. The van der Waals surface area contributed by atoms with E-state index in [1.54, 1.807) is 42.5 Å². The first-order chi connectivity index (χ1) is 17.7. The molecule has 1 aromatic heterocycles. The maximum Gasteiger partial charge on any atom is 0.299 e. The Bertz CT molecular complexity index is 1840. The minimum absolute atomic E-state index is 0.0208. The molecule has 0 spiro atoms. The van der Waals surface area contributed by atoms with E-state index in [9.17, 15) is 27.9 Å². The number of nitrogens with one attached hydrogen (secondary N) is 1. The van der Waals surface area contributed by atoms with Crippen molar-refractivity contribution in [3.63, 3.8) is 0 Å². The Morgan fingerprint density at radius 2 is 1.49 bits per heavy atom. The van der Waals surface area contributed by atoms with Crippen LogP contribution in [0.2, 0.25) is 0 Å². The van der Waals surface area contributed by atoms with Crippen molar-refractivity contribution in [3.05, 3.63) is 111 Å². The molecule has 0 saturated heterocycles. The lowest BCUT2D eigenvalue weighted by Gasteiger charge is -2.05. The summed E-state index contributed by atoms with van der Waals surface area (Å²) in [6.07, 6.45) is 0. The van der Waals surface area contributed by atoms with Gasteiger partial charge in [-0.2, -0.15) is 8.42 Å². The van der Waals surface area contributed by atoms with Crippen LogP contribution < -0.4 is 5.56 Å². The van der Waals surface area contributed by atoms with Crippen LogP contribution >= 0.6 is 0 Å². The van der Waals surface area contributed by atoms with E-state index in [1.165, 1.54) is 47.1 Å². The summed E-state index contributed by atoms with van der Waals surface area (Å²) < 4.78 is 34.4. The van der Waals surface area contributed by atoms with Crippen LogP contribution in [0.5, 0.6) is 0 Å². The Morgan fingerprint density at radius 1 is 0.838 bits per heavy atom. The molecule has 4 aromatic carbocycles. The molecular weight excluding hydrogens is 498 g/mol. The number of hydrogen-bond donors (Lipinski definition) is 2. The summed E-state index contributed by atoms with van der Waals surface area (Å²) in [6.45, 7) is 0. The van der Waals surface area contributed by atoms with Crippen LogP contribution in [0.3, 0.4) is 0 Å². The predicted molar refractivity (Wildman–Crippen MR) is 136 cm³/mol. The second-order valence-corrected chi connectivity index (χ2v) is 9.31. The molecule has 1 heterocycles. The van der Waals surface area contributed by atoms with Gasteiger partial charge in [0.15, 0.2) is 5.69 Å². The molecule has 5 aromatic rings. The number of hydrogen-bond acceptors (Lipinski definition) is 7. The van der Waals surface area contributed by atoms with E-state index in [2.05, 4.69) is 15.3 Å². The summed E-state index contributed by atoms with van der Waals surface area (Å²) in [6, 6.07) is 23.5. The fourth-order valence-corrected chi connectivity index (χ4v) is 4.60. The summed E-state index contributed by atoms with van der Waals surface area (Å²) >= 11 is 0. The van der Waals surface area contributed by atoms with E-state index in [0.717, 1.165) is 0 Å². The molecule has 0 unspecified atom stereocenters. The number of aromatic amines is 1. The Morgan fingerprint density at radius 3 is 2.14 bits per heavy atom. The molecule has 0 saturated carbocycles. The molecule has 0 aliphatic carbocycles. The van der Waals surface area contributed by atoms with Crippen molar-refractivity contribution in [2.75, 3.05) is 0 Å². The molecule has 11 nitrogen and oxygen atoms in total. The molecule has 0 aliphatic heterocycles. The number of nitro groups is 1. The highest BCUT2D eigenvalue weighted by Gasteiger charge is 2.19. The number of rotatable bonds is 6. The van der Waals surface area contributed by atoms with E-state index in [1.807, 2.05) is 6.07 Å². The average molecular weight is 516 g/mol. The topological polar surface area (TPSA) is 160 Å². The minimum atomic E-state index is -4.47. The first kappa shape index (κ1) is 23.8. The van der Waals surface area contributed by atoms with E-state index in [0.29, 0.717) is 22.3 Å². The number of H-pyrrole nitrogens is 1. The molecule has 37 heavy (non-hydrogen) atoms. The highest BCUT2D eigenvalue weighted by atomic mass is 32.2. The van der Waals surface area contributed by atoms with Crippen LogP contribution in [-0.4, -0.2) is 27.7 Å². The molecule has 0 aliphatic rings. The number of non-ortho nitro benzene ring substituents is 1. The third kappa shape index (κ3) is 4.53. The van der Waals surface area contributed by atoms with Crippen molar-refractivity contribution in [3.8, 4) is 16.9 Å². The molecule has 0 bridgehead atoms. The van der Waals surface area contributed by atoms with Gasteiger partial charge in [-0.3, -0.25) is 24.6 Å². The van der Waals surface area contributed by atoms with Gasteiger partial charge in [0.05, 0.1) is 22.0 Å². The van der Waals surface area contributed by atoms with Crippen molar-refractivity contribution < 1.29 is 17.9 Å². The number of aromatic nitrogens is 2. The standard InChI is InChI=1S/C25H17N5O6S/c31-25-24(27-26-21-14-15-22(37(34,35)36)20-9-5-4-8-19(20)21)23(16-6-2-1-3-7-16)28-29(25)17-10-12-18(13-11-17)30(32)33/h1-15,28H,(H,34,35,36). The quantitative estimate of drug-likeness (QED) is 0.130. The van der Waals surface area contributed by atoms with Crippen LogP contribution in [0.1, 0.15) is 0 Å². The number of fused-ring (bicyclic) bond motifs is 1. The van der Waals surface area contributed by atoms with Gasteiger partial charge >= 0.3 is 0 Å². The number of nitro benzene ring substituents is 1. The van der Waals surface area contributed by atoms with Gasteiger partial charge in [0.25, 0.3) is 21.4 Å². The average Bonchev–Trinajstić information content (AvgIpc) is 3.23. The lowest BCUT2D eigenvalue weighted by molar-refractivity contribution is -0.384. The third-order valence-corrected chi connectivity index (χ3v) is 6.56. The van der Waals surface area contributed by atoms with Crippen molar-refractivity contribution in [2.45, 2.75) is 4.90 Å². The van der Waals surface area contributed by atoms with Crippen LogP contribution in [0.15, 0.2) is 111 Å². The van der Waals surface area contributed by atoms with E-state index < -0.39 is 20.6 Å². The zero-order valence-electron chi connectivity index (χ0n) is 18.8. The van der Waals surface area contributed by atoms with Crippen LogP contribution in [-0.2, 0) is 10.1 Å². The van der Waals surface area contributed by atoms with Crippen LogP contribution in [0.4, 0.5) is 17.1 Å². The van der Waals surface area contributed by atoms with Gasteiger partial charge < -0.3 is 0 Å². The first-order valence-electron chi connectivity index (χ1n) is 10.8. The molecule has 12 heteroatoms. The highest BCUT2D eigenvalue weighted by molar-refractivity contribution is 7.86. The van der Waals surface area contributed by atoms with Gasteiger partial charge in [-0.15, -0.1) is 10.2 Å². The van der Waals surface area contributed by atoms with Crippen molar-refractivity contribution in [2.24, 2.45) is 10.2 Å². The van der Waals surface area contributed by atoms with E-state index >= 15 is 0 Å². The molecule has 2 N–H and O–H groups in total.